The number of nitrogens with one attached hydrogen (secondary N) is 1. The Balaban J connectivity index is 2.14. The molecule has 0 aliphatic heterocycles. The van der Waals surface area contributed by atoms with Gasteiger partial charge in [0, 0.05) is 11.8 Å². The molecular formula is C14H12N2O3S. The fourth-order valence-electron chi connectivity index (χ4n) is 1.60. The molecular weight excluding hydrogens is 276 g/mol. The Labute approximate surface area is 119 Å². The van der Waals surface area contributed by atoms with E-state index in [2.05, 4.69) is 10.3 Å². The molecule has 1 amide bonds. The van der Waals surface area contributed by atoms with Crippen LogP contribution in [0.15, 0.2) is 35.9 Å². The van der Waals surface area contributed by atoms with Gasteiger partial charge in [0.15, 0.2) is 0 Å². The first kappa shape index (κ1) is 14.0. The normalized spacial score (nSPS) is 10.7. The van der Waals surface area contributed by atoms with E-state index in [1.807, 2.05) is 0 Å². The average molecular weight is 288 g/mol. The summed E-state index contributed by atoms with van der Waals surface area (Å²) in [6.07, 6.45) is 2.52. The van der Waals surface area contributed by atoms with E-state index in [1.165, 1.54) is 17.4 Å². The van der Waals surface area contributed by atoms with Gasteiger partial charge in [0.05, 0.1) is 11.2 Å². The number of carboxylic acid groups (broad SMARTS) is 1. The lowest BCUT2D eigenvalue weighted by Crippen LogP contribution is -2.11. The van der Waals surface area contributed by atoms with Crippen LogP contribution in [0.5, 0.6) is 0 Å². The smallest absolute Gasteiger partial charge is 0.328 e. The van der Waals surface area contributed by atoms with Crippen molar-refractivity contribution in [1.29, 1.82) is 0 Å². The number of hydrogen-bond donors (Lipinski definition) is 2. The lowest BCUT2D eigenvalue weighted by atomic mass is 10.2. The highest BCUT2D eigenvalue weighted by Crippen LogP contribution is 2.17. The van der Waals surface area contributed by atoms with Crippen LogP contribution in [-0.4, -0.2) is 22.0 Å². The molecule has 102 valence electrons. The SMILES string of the molecule is Cc1ncsc1C(=O)Nc1cccc(C=CC(=O)O)c1. The van der Waals surface area contributed by atoms with Gasteiger partial charge in [-0.05, 0) is 30.7 Å². The minimum Gasteiger partial charge on any atom is -0.478 e. The van der Waals surface area contributed by atoms with Crippen LogP contribution in [0.1, 0.15) is 20.9 Å². The van der Waals surface area contributed by atoms with Crippen molar-refractivity contribution >= 4 is 35.0 Å². The van der Waals surface area contributed by atoms with Gasteiger partial charge in [-0.25, -0.2) is 9.78 Å². The van der Waals surface area contributed by atoms with Gasteiger partial charge in [-0.2, -0.15) is 0 Å². The number of carbonyl (C=O) groups is 2. The zero-order valence-corrected chi connectivity index (χ0v) is 11.5. The second kappa shape index (κ2) is 6.12. The molecule has 0 atom stereocenters. The number of rotatable bonds is 4. The summed E-state index contributed by atoms with van der Waals surface area (Å²) in [5.41, 5.74) is 3.62. The molecule has 5 nitrogen and oxygen atoms in total. The molecule has 0 fully saturated rings. The summed E-state index contributed by atoms with van der Waals surface area (Å²) >= 11 is 1.28. The summed E-state index contributed by atoms with van der Waals surface area (Å²) in [5.74, 6) is -1.23. The number of benzene rings is 1. The number of carboxylic acids is 1. The molecule has 0 bridgehead atoms. The third-order valence-corrected chi connectivity index (χ3v) is 3.44. The zero-order valence-electron chi connectivity index (χ0n) is 10.7. The van der Waals surface area contributed by atoms with Crippen LogP contribution >= 0.6 is 11.3 Å². The van der Waals surface area contributed by atoms with Crippen molar-refractivity contribution in [1.82, 2.24) is 4.98 Å². The Kier molecular flexibility index (Phi) is 4.27. The maximum atomic E-state index is 12.0. The predicted octanol–water partition coefficient (Wildman–Crippen LogP) is 2.80. The lowest BCUT2D eigenvalue weighted by molar-refractivity contribution is -0.131. The first-order valence-electron chi connectivity index (χ1n) is 5.79. The van der Waals surface area contributed by atoms with Crippen LogP contribution in [0, 0.1) is 6.92 Å². The van der Waals surface area contributed by atoms with E-state index >= 15 is 0 Å². The molecule has 0 aliphatic rings. The van der Waals surface area contributed by atoms with Crippen LogP contribution in [0.2, 0.25) is 0 Å². The van der Waals surface area contributed by atoms with E-state index in [1.54, 1.807) is 36.7 Å². The number of hydrogen-bond acceptors (Lipinski definition) is 4. The topological polar surface area (TPSA) is 79.3 Å². The molecule has 0 saturated carbocycles. The van der Waals surface area contributed by atoms with Crippen molar-refractivity contribution in [2.24, 2.45) is 0 Å². The highest BCUT2D eigenvalue weighted by Gasteiger charge is 2.11. The molecule has 0 aliphatic carbocycles. The summed E-state index contributed by atoms with van der Waals surface area (Å²) < 4.78 is 0. The van der Waals surface area contributed by atoms with E-state index in [9.17, 15) is 9.59 Å². The Hall–Kier alpha value is -2.47. The number of amides is 1. The van der Waals surface area contributed by atoms with E-state index < -0.39 is 5.97 Å². The maximum absolute atomic E-state index is 12.0. The molecule has 20 heavy (non-hydrogen) atoms. The van der Waals surface area contributed by atoms with E-state index in [4.69, 9.17) is 5.11 Å². The van der Waals surface area contributed by atoms with Crippen LogP contribution in [-0.2, 0) is 4.79 Å². The fourth-order valence-corrected chi connectivity index (χ4v) is 2.29. The largest absolute Gasteiger partial charge is 0.478 e. The molecule has 1 heterocycles. The lowest BCUT2D eigenvalue weighted by Gasteiger charge is -2.05. The van der Waals surface area contributed by atoms with Gasteiger partial charge in [0.2, 0.25) is 0 Å². The molecule has 2 aromatic rings. The molecule has 1 aromatic carbocycles. The maximum Gasteiger partial charge on any atom is 0.328 e. The monoisotopic (exact) mass is 288 g/mol. The van der Waals surface area contributed by atoms with Crippen molar-refractivity contribution in [3.8, 4) is 0 Å². The van der Waals surface area contributed by atoms with Gasteiger partial charge in [0.1, 0.15) is 4.88 Å². The summed E-state index contributed by atoms with van der Waals surface area (Å²) in [6.45, 7) is 1.78. The van der Waals surface area contributed by atoms with Crippen molar-refractivity contribution in [2.45, 2.75) is 6.92 Å². The Morgan fingerprint density at radius 3 is 2.85 bits per heavy atom. The summed E-state index contributed by atoms with van der Waals surface area (Å²) in [4.78, 5) is 27.1. The van der Waals surface area contributed by atoms with Crippen LogP contribution in [0.4, 0.5) is 5.69 Å². The summed E-state index contributed by atoms with van der Waals surface area (Å²) in [5, 5.41) is 11.3. The van der Waals surface area contributed by atoms with E-state index in [0.717, 1.165) is 6.08 Å². The highest BCUT2D eigenvalue weighted by molar-refractivity contribution is 7.12. The number of carbonyl (C=O) groups excluding carboxylic acids is 1. The predicted molar refractivity (Wildman–Crippen MR) is 77.9 cm³/mol. The van der Waals surface area contributed by atoms with Gasteiger partial charge in [-0.3, -0.25) is 4.79 Å². The number of aromatic nitrogens is 1. The first-order valence-corrected chi connectivity index (χ1v) is 6.67. The van der Waals surface area contributed by atoms with Gasteiger partial charge in [0.25, 0.3) is 5.91 Å². The van der Waals surface area contributed by atoms with Gasteiger partial charge >= 0.3 is 5.97 Å². The zero-order chi connectivity index (χ0) is 14.5. The Morgan fingerprint density at radius 1 is 1.40 bits per heavy atom. The number of thiazole rings is 1. The Bertz CT molecular complexity index is 677. The molecule has 0 spiro atoms. The second-order valence-electron chi connectivity index (χ2n) is 4.02. The van der Waals surface area contributed by atoms with Crippen molar-refractivity contribution in [2.75, 3.05) is 5.32 Å². The second-order valence-corrected chi connectivity index (χ2v) is 4.87. The fraction of sp³-hybridized carbons (Fsp3) is 0.0714. The van der Waals surface area contributed by atoms with Crippen molar-refractivity contribution in [3.05, 3.63) is 52.0 Å². The van der Waals surface area contributed by atoms with Gasteiger partial charge < -0.3 is 10.4 Å². The van der Waals surface area contributed by atoms with Gasteiger partial charge in [-0.1, -0.05) is 12.1 Å². The van der Waals surface area contributed by atoms with Crippen LogP contribution < -0.4 is 5.32 Å². The average Bonchev–Trinajstić information content (AvgIpc) is 2.83. The van der Waals surface area contributed by atoms with Crippen molar-refractivity contribution < 1.29 is 14.7 Å². The molecule has 1 aromatic heterocycles. The summed E-state index contributed by atoms with van der Waals surface area (Å²) in [7, 11) is 0. The molecule has 2 N–H and O–H groups in total. The van der Waals surface area contributed by atoms with Crippen molar-refractivity contribution in [3.63, 3.8) is 0 Å². The van der Waals surface area contributed by atoms with Gasteiger partial charge in [-0.15, -0.1) is 11.3 Å². The third-order valence-electron chi connectivity index (χ3n) is 2.51. The number of nitrogens with zero attached hydrogens (tertiary/aromatic N) is 1. The quantitative estimate of drug-likeness (QED) is 0.848. The van der Waals surface area contributed by atoms with E-state index in [-0.39, 0.29) is 5.91 Å². The minimum atomic E-state index is -1.01. The first-order chi connectivity index (χ1) is 9.56. The number of aryl methyl sites for hydroxylation is 1. The van der Waals surface area contributed by atoms with E-state index in [0.29, 0.717) is 21.8 Å². The molecule has 0 radical (unpaired) electrons. The molecule has 0 unspecified atom stereocenters. The standard InChI is InChI=1S/C14H12N2O3S/c1-9-13(20-8-15-9)14(19)16-11-4-2-3-10(7-11)5-6-12(17)18/h2-8H,1H3,(H,16,19)(H,17,18). The molecule has 2 rings (SSSR count). The number of anilines is 1. The van der Waals surface area contributed by atoms with Crippen LogP contribution in [0.25, 0.3) is 6.08 Å². The summed E-state index contributed by atoms with van der Waals surface area (Å²) in [6, 6.07) is 6.95. The highest BCUT2D eigenvalue weighted by atomic mass is 32.1. The molecule has 0 saturated heterocycles. The molecule has 6 heteroatoms. The Morgan fingerprint density at radius 2 is 2.20 bits per heavy atom. The van der Waals surface area contributed by atoms with Crippen LogP contribution in [0.3, 0.4) is 0 Å². The number of aliphatic carboxylic acids is 1. The third kappa shape index (κ3) is 3.52. The minimum absolute atomic E-state index is 0.218.